The molecule has 22 heavy (non-hydrogen) atoms. The number of aryl methyl sites for hydroxylation is 1. The van der Waals surface area contributed by atoms with Gasteiger partial charge in [-0.3, -0.25) is 0 Å². The van der Waals surface area contributed by atoms with E-state index in [1.807, 2.05) is 6.92 Å². The molecule has 3 aromatic rings. The molecule has 5 nitrogen and oxygen atoms in total. The molecule has 0 radical (unpaired) electrons. The minimum Gasteiger partial charge on any atom is -0.366 e. The highest BCUT2D eigenvalue weighted by molar-refractivity contribution is 5.53. The van der Waals surface area contributed by atoms with Gasteiger partial charge in [-0.2, -0.15) is 14.6 Å². The van der Waals surface area contributed by atoms with E-state index in [1.54, 1.807) is 16.6 Å². The number of nitrogens with one attached hydrogen (secondary N) is 1. The van der Waals surface area contributed by atoms with E-state index in [4.69, 9.17) is 0 Å². The highest BCUT2D eigenvalue weighted by atomic mass is 19.1. The molecule has 2 heterocycles. The molecular weight excluding hydrogens is 281 g/mol. The summed E-state index contributed by atoms with van der Waals surface area (Å²) in [7, 11) is 0. The lowest BCUT2D eigenvalue weighted by molar-refractivity contribution is 0.627. The van der Waals surface area contributed by atoms with Gasteiger partial charge in [0.2, 0.25) is 0 Å². The van der Waals surface area contributed by atoms with Crippen LogP contribution in [0, 0.1) is 12.7 Å². The summed E-state index contributed by atoms with van der Waals surface area (Å²) in [6, 6.07) is 6.47. The summed E-state index contributed by atoms with van der Waals surface area (Å²) in [5, 5.41) is 7.65. The summed E-state index contributed by atoms with van der Waals surface area (Å²) in [5.74, 6) is 1.26. The monoisotopic (exact) mass is 299 g/mol. The zero-order chi connectivity index (χ0) is 15.5. The van der Waals surface area contributed by atoms with Crippen molar-refractivity contribution in [3.05, 3.63) is 53.2 Å². The Hall–Kier alpha value is -2.50. The second-order valence-electron chi connectivity index (χ2n) is 5.23. The van der Waals surface area contributed by atoms with Gasteiger partial charge in [0.1, 0.15) is 18.0 Å². The van der Waals surface area contributed by atoms with E-state index in [0.29, 0.717) is 12.3 Å². The van der Waals surface area contributed by atoms with Crippen LogP contribution in [-0.2, 0) is 13.0 Å². The third-order valence-corrected chi connectivity index (χ3v) is 3.61. The van der Waals surface area contributed by atoms with Gasteiger partial charge in [-0.15, -0.1) is 0 Å². The van der Waals surface area contributed by atoms with Crippen LogP contribution in [0.2, 0.25) is 0 Å². The molecule has 3 rings (SSSR count). The third kappa shape index (κ3) is 2.77. The van der Waals surface area contributed by atoms with E-state index in [0.717, 1.165) is 35.5 Å². The van der Waals surface area contributed by atoms with Crippen LogP contribution in [0.25, 0.3) is 5.78 Å². The van der Waals surface area contributed by atoms with Crippen LogP contribution in [0.5, 0.6) is 0 Å². The number of halogens is 1. The minimum absolute atomic E-state index is 0.228. The number of hydrogen-bond donors (Lipinski definition) is 1. The standard InChI is InChI=1S/C16H18FN5/c1-3-4-14-11(2)21-16-19-10-20-22(16)15(14)18-9-12-5-7-13(17)8-6-12/h5-8,10,18H,3-4,9H2,1-2H3. The lowest BCUT2D eigenvalue weighted by Crippen LogP contribution is -2.11. The van der Waals surface area contributed by atoms with Gasteiger partial charge < -0.3 is 5.32 Å². The van der Waals surface area contributed by atoms with Gasteiger partial charge >= 0.3 is 0 Å². The first kappa shape index (κ1) is 14.4. The Balaban J connectivity index is 1.95. The zero-order valence-corrected chi connectivity index (χ0v) is 12.7. The first-order chi connectivity index (χ1) is 10.7. The molecule has 6 heteroatoms. The zero-order valence-electron chi connectivity index (χ0n) is 12.7. The van der Waals surface area contributed by atoms with Gasteiger partial charge in [-0.25, -0.2) is 9.37 Å². The fourth-order valence-electron chi connectivity index (χ4n) is 2.50. The van der Waals surface area contributed by atoms with Gasteiger partial charge in [0.25, 0.3) is 5.78 Å². The van der Waals surface area contributed by atoms with Crippen molar-refractivity contribution in [2.45, 2.75) is 33.2 Å². The molecule has 0 aliphatic heterocycles. The van der Waals surface area contributed by atoms with Gasteiger partial charge in [-0.05, 0) is 31.0 Å². The molecule has 2 aromatic heterocycles. The average molecular weight is 299 g/mol. The topological polar surface area (TPSA) is 55.1 Å². The molecule has 0 spiro atoms. The van der Waals surface area contributed by atoms with Crippen molar-refractivity contribution in [3.63, 3.8) is 0 Å². The molecule has 0 fully saturated rings. The quantitative estimate of drug-likeness (QED) is 0.786. The number of nitrogens with zero attached hydrogens (tertiary/aromatic N) is 4. The fourth-order valence-corrected chi connectivity index (χ4v) is 2.50. The average Bonchev–Trinajstić information content (AvgIpc) is 2.96. The molecule has 1 N–H and O–H groups in total. The second-order valence-corrected chi connectivity index (χ2v) is 5.23. The number of hydrogen-bond acceptors (Lipinski definition) is 4. The highest BCUT2D eigenvalue weighted by Crippen LogP contribution is 2.21. The fraction of sp³-hybridized carbons (Fsp3) is 0.312. The molecule has 0 saturated carbocycles. The molecule has 0 aliphatic carbocycles. The van der Waals surface area contributed by atoms with Crippen molar-refractivity contribution in [1.82, 2.24) is 19.6 Å². The van der Waals surface area contributed by atoms with Gasteiger partial charge in [0.05, 0.1) is 0 Å². The second kappa shape index (κ2) is 6.09. The maximum absolute atomic E-state index is 13.0. The molecular formula is C16H18FN5. The summed E-state index contributed by atoms with van der Waals surface area (Å²) < 4.78 is 14.7. The van der Waals surface area contributed by atoms with Gasteiger partial charge in [0.15, 0.2) is 0 Å². The number of fused-ring (bicyclic) bond motifs is 1. The van der Waals surface area contributed by atoms with E-state index in [-0.39, 0.29) is 5.82 Å². The molecule has 0 aliphatic rings. The summed E-state index contributed by atoms with van der Waals surface area (Å²) >= 11 is 0. The molecule has 0 saturated heterocycles. The number of rotatable bonds is 5. The van der Waals surface area contributed by atoms with E-state index < -0.39 is 0 Å². The van der Waals surface area contributed by atoms with Crippen LogP contribution < -0.4 is 5.32 Å². The Kier molecular flexibility index (Phi) is 4.00. The molecule has 0 unspecified atom stereocenters. The lowest BCUT2D eigenvalue weighted by Gasteiger charge is -2.15. The predicted octanol–water partition coefficient (Wildman–Crippen LogP) is 3.14. The Morgan fingerprint density at radius 3 is 2.73 bits per heavy atom. The largest absolute Gasteiger partial charge is 0.366 e. The van der Waals surface area contributed by atoms with Crippen LogP contribution >= 0.6 is 0 Å². The Morgan fingerprint density at radius 1 is 1.23 bits per heavy atom. The van der Waals surface area contributed by atoms with Gasteiger partial charge in [-0.1, -0.05) is 25.5 Å². The van der Waals surface area contributed by atoms with E-state index in [1.165, 1.54) is 18.5 Å². The first-order valence-electron chi connectivity index (χ1n) is 7.36. The van der Waals surface area contributed by atoms with Crippen molar-refractivity contribution in [2.24, 2.45) is 0 Å². The summed E-state index contributed by atoms with van der Waals surface area (Å²) in [6.07, 6.45) is 3.44. The Morgan fingerprint density at radius 2 is 2.00 bits per heavy atom. The number of benzene rings is 1. The van der Waals surface area contributed by atoms with Crippen LogP contribution in [-0.4, -0.2) is 19.6 Å². The summed E-state index contributed by atoms with van der Waals surface area (Å²) in [6.45, 7) is 4.72. The van der Waals surface area contributed by atoms with Crippen molar-refractivity contribution in [3.8, 4) is 0 Å². The molecule has 114 valence electrons. The molecule has 0 amide bonds. The normalized spacial score (nSPS) is 11.0. The predicted molar refractivity (Wildman–Crippen MR) is 83.2 cm³/mol. The molecule has 0 atom stereocenters. The minimum atomic E-state index is -0.228. The van der Waals surface area contributed by atoms with Crippen molar-refractivity contribution in [2.75, 3.05) is 5.32 Å². The van der Waals surface area contributed by atoms with E-state index in [9.17, 15) is 4.39 Å². The highest BCUT2D eigenvalue weighted by Gasteiger charge is 2.13. The van der Waals surface area contributed by atoms with Crippen molar-refractivity contribution in [1.29, 1.82) is 0 Å². The smallest absolute Gasteiger partial charge is 0.254 e. The summed E-state index contributed by atoms with van der Waals surface area (Å²) in [5.41, 5.74) is 3.11. The first-order valence-corrected chi connectivity index (χ1v) is 7.36. The molecule has 1 aromatic carbocycles. The van der Waals surface area contributed by atoms with Crippen LogP contribution in [0.4, 0.5) is 10.2 Å². The van der Waals surface area contributed by atoms with Crippen LogP contribution in [0.3, 0.4) is 0 Å². The maximum Gasteiger partial charge on any atom is 0.254 e. The number of aromatic nitrogens is 4. The van der Waals surface area contributed by atoms with Gasteiger partial charge in [0, 0.05) is 17.8 Å². The number of anilines is 1. The third-order valence-electron chi connectivity index (χ3n) is 3.61. The molecule has 0 bridgehead atoms. The summed E-state index contributed by atoms with van der Waals surface area (Å²) in [4.78, 5) is 8.64. The van der Waals surface area contributed by atoms with Crippen LogP contribution in [0.15, 0.2) is 30.6 Å². The maximum atomic E-state index is 13.0. The van der Waals surface area contributed by atoms with E-state index >= 15 is 0 Å². The van der Waals surface area contributed by atoms with Crippen molar-refractivity contribution < 1.29 is 4.39 Å². The van der Waals surface area contributed by atoms with Crippen molar-refractivity contribution >= 4 is 11.6 Å². The SMILES string of the molecule is CCCc1c(C)nc2ncnn2c1NCc1ccc(F)cc1. The van der Waals surface area contributed by atoms with E-state index in [2.05, 4.69) is 27.3 Å². The van der Waals surface area contributed by atoms with Crippen LogP contribution in [0.1, 0.15) is 30.2 Å². The lowest BCUT2D eigenvalue weighted by atomic mass is 10.1. The Bertz CT molecular complexity index is 779. The Labute approximate surface area is 128 Å².